The third kappa shape index (κ3) is 5.24. The third-order valence-electron chi connectivity index (χ3n) is 3.88. The second-order valence-electron chi connectivity index (χ2n) is 6.22. The first kappa shape index (κ1) is 19.3. The zero-order valence-corrected chi connectivity index (χ0v) is 16.3. The van der Waals surface area contributed by atoms with Gasteiger partial charge < -0.3 is 4.90 Å². The van der Waals surface area contributed by atoms with Crippen LogP contribution in [-0.4, -0.2) is 20.6 Å². The summed E-state index contributed by atoms with van der Waals surface area (Å²) >= 11 is 1.53. The third-order valence-corrected chi connectivity index (χ3v) is 5.60. The van der Waals surface area contributed by atoms with Gasteiger partial charge in [-0.05, 0) is 53.4 Å². The minimum Gasteiger partial charge on any atom is -0.303 e. The molecule has 0 N–H and O–H groups in total. The standard InChI is InChI=1S/C20H18FNO3S2/c1-27(24,25)14-15-4-2-5-16(12-15)20(23)22(13-19-6-3-11-26-19)18-9-7-17(21)8-10-18/h2-12H,13-14H2,1H3. The fourth-order valence-electron chi connectivity index (χ4n) is 2.71. The van der Waals surface area contributed by atoms with Crippen molar-refractivity contribution in [3.8, 4) is 0 Å². The van der Waals surface area contributed by atoms with Gasteiger partial charge in [-0.3, -0.25) is 4.79 Å². The molecule has 1 heterocycles. The van der Waals surface area contributed by atoms with Crippen molar-refractivity contribution in [2.24, 2.45) is 0 Å². The van der Waals surface area contributed by atoms with E-state index in [9.17, 15) is 17.6 Å². The normalized spacial score (nSPS) is 11.3. The average molecular weight is 404 g/mol. The van der Waals surface area contributed by atoms with Gasteiger partial charge in [0.25, 0.3) is 5.91 Å². The van der Waals surface area contributed by atoms with E-state index in [1.807, 2.05) is 17.5 Å². The zero-order valence-electron chi connectivity index (χ0n) is 14.6. The van der Waals surface area contributed by atoms with Crippen molar-refractivity contribution in [3.63, 3.8) is 0 Å². The van der Waals surface area contributed by atoms with Crippen molar-refractivity contribution in [1.82, 2.24) is 0 Å². The van der Waals surface area contributed by atoms with Crippen molar-refractivity contribution in [2.75, 3.05) is 11.2 Å². The van der Waals surface area contributed by atoms with Crippen molar-refractivity contribution in [3.05, 3.63) is 87.9 Å². The molecular weight excluding hydrogens is 385 g/mol. The maximum absolute atomic E-state index is 13.3. The predicted octanol–water partition coefficient (Wildman–Crippen LogP) is 4.28. The minimum atomic E-state index is -3.20. The molecule has 27 heavy (non-hydrogen) atoms. The van der Waals surface area contributed by atoms with E-state index in [1.54, 1.807) is 41.3 Å². The Balaban J connectivity index is 1.95. The fourth-order valence-corrected chi connectivity index (χ4v) is 4.19. The number of nitrogens with zero attached hydrogens (tertiary/aromatic N) is 1. The molecule has 2 aromatic carbocycles. The molecule has 3 aromatic rings. The Bertz CT molecular complexity index is 1030. The van der Waals surface area contributed by atoms with Crippen LogP contribution in [0.25, 0.3) is 0 Å². The quantitative estimate of drug-likeness (QED) is 0.617. The molecule has 7 heteroatoms. The fraction of sp³-hybridized carbons (Fsp3) is 0.150. The Morgan fingerprint density at radius 1 is 1.07 bits per heavy atom. The molecule has 0 aliphatic rings. The Kier molecular flexibility index (Phi) is 5.72. The van der Waals surface area contributed by atoms with E-state index in [0.29, 0.717) is 23.4 Å². The van der Waals surface area contributed by atoms with Crippen LogP contribution in [0.15, 0.2) is 66.0 Å². The van der Waals surface area contributed by atoms with Gasteiger partial charge >= 0.3 is 0 Å². The summed E-state index contributed by atoms with van der Waals surface area (Å²) in [5.74, 6) is -0.780. The second kappa shape index (κ2) is 8.02. The number of carbonyl (C=O) groups is 1. The summed E-state index contributed by atoms with van der Waals surface area (Å²) in [5, 5.41) is 1.93. The summed E-state index contributed by atoms with van der Waals surface area (Å²) < 4.78 is 36.4. The first-order valence-electron chi connectivity index (χ1n) is 8.18. The zero-order chi connectivity index (χ0) is 19.4. The SMILES string of the molecule is CS(=O)(=O)Cc1cccc(C(=O)N(Cc2cccs2)c2ccc(F)cc2)c1. The highest BCUT2D eigenvalue weighted by atomic mass is 32.2. The van der Waals surface area contributed by atoms with Crippen molar-refractivity contribution in [1.29, 1.82) is 0 Å². The molecule has 1 aromatic heterocycles. The maximum Gasteiger partial charge on any atom is 0.258 e. The number of anilines is 1. The Morgan fingerprint density at radius 2 is 1.81 bits per heavy atom. The molecule has 0 radical (unpaired) electrons. The van der Waals surface area contributed by atoms with Crippen LogP contribution in [0.4, 0.5) is 10.1 Å². The van der Waals surface area contributed by atoms with Crippen LogP contribution >= 0.6 is 11.3 Å². The summed E-state index contributed by atoms with van der Waals surface area (Å²) in [5.41, 5.74) is 1.51. The maximum atomic E-state index is 13.3. The Hall–Kier alpha value is -2.51. The van der Waals surface area contributed by atoms with Crippen LogP contribution in [0.3, 0.4) is 0 Å². The van der Waals surface area contributed by atoms with Crippen molar-refractivity contribution >= 4 is 32.8 Å². The molecule has 0 aliphatic heterocycles. The van der Waals surface area contributed by atoms with Crippen LogP contribution in [0.1, 0.15) is 20.8 Å². The van der Waals surface area contributed by atoms with Crippen LogP contribution < -0.4 is 4.90 Å². The minimum absolute atomic E-state index is 0.129. The van der Waals surface area contributed by atoms with Crippen LogP contribution in [0, 0.1) is 5.82 Å². The van der Waals surface area contributed by atoms with Gasteiger partial charge in [0, 0.05) is 22.4 Å². The summed E-state index contributed by atoms with van der Waals surface area (Å²) in [4.78, 5) is 15.7. The van der Waals surface area contributed by atoms with E-state index in [4.69, 9.17) is 0 Å². The molecule has 0 fully saturated rings. The van der Waals surface area contributed by atoms with E-state index in [1.165, 1.54) is 23.5 Å². The molecule has 1 amide bonds. The lowest BCUT2D eigenvalue weighted by molar-refractivity contribution is 0.0985. The topological polar surface area (TPSA) is 54.5 Å². The first-order valence-corrected chi connectivity index (χ1v) is 11.1. The molecule has 0 bridgehead atoms. The van der Waals surface area contributed by atoms with Crippen molar-refractivity contribution < 1.29 is 17.6 Å². The highest BCUT2D eigenvalue weighted by Gasteiger charge is 2.19. The average Bonchev–Trinajstić information content (AvgIpc) is 3.12. The van der Waals surface area contributed by atoms with Crippen LogP contribution in [0.2, 0.25) is 0 Å². The lowest BCUT2D eigenvalue weighted by atomic mass is 10.1. The number of thiophene rings is 1. The summed E-state index contributed by atoms with van der Waals surface area (Å²) in [7, 11) is -3.20. The van der Waals surface area contributed by atoms with E-state index in [-0.39, 0.29) is 17.5 Å². The van der Waals surface area contributed by atoms with Gasteiger partial charge in [0.2, 0.25) is 0 Å². The molecular formula is C20H18FNO3S2. The molecule has 0 saturated heterocycles. The lowest BCUT2D eigenvalue weighted by Crippen LogP contribution is -2.30. The van der Waals surface area contributed by atoms with Gasteiger partial charge in [0.15, 0.2) is 9.84 Å². The molecule has 3 rings (SSSR count). The van der Waals surface area contributed by atoms with E-state index in [2.05, 4.69) is 0 Å². The van der Waals surface area contributed by atoms with Crippen molar-refractivity contribution in [2.45, 2.75) is 12.3 Å². The summed E-state index contributed by atoms with van der Waals surface area (Å²) in [6, 6.07) is 16.2. The first-order chi connectivity index (χ1) is 12.8. The number of hydrogen-bond acceptors (Lipinski definition) is 4. The molecule has 0 atom stereocenters. The number of sulfone groups is 1. The molecule has 0 saturated carbocycles. The number of hydrogen-bond donors (Lipinski definition) is 0. The number of rotatable bonds is 6. The second-order valence-corrected chi connectivity index (χ2v) is 9.39. The Morgan fingerprint density at radius 3 is 2.44 bits per heavy atom. The van der Waals surface area contributed by atoms with Gasteiger partial charge in [0.05, 0.1) is 12.3 Å². The van der Waals surface area contributed by atoms with Gasteiger partial charge in [-0.15, -0.1) is 11.3 Å². The molecule has 4 nitrogen and oxygen atoms in total. The highest BCUT2D eigenvalue weighted by molar-refractivity contribution is 7.89. The van der Waals surface area contributed by atoms with Crippen LogP contribution in [0.5, 0.6) is 0 Å². The van der Waals surface area contributed by atoms with Gasteiger partial charge in [-0.1, -0.05) is 18.2 Å². The van der Waals surface area contributed by atoms with Gasteiger partial charge in [-0.25, -0.2) is 12.8 Å². The molecule has 0 aliphatic carbocycles. The van der Waals surface area contributed by atoms with E-state index >= 15 is 0 Å². The van der Waals surface area contributed by atoms with E-state index in [0.717, 1.165) is 11.1 Å². The number of amides is 1. The number of halogens is 1. The predicted molar refractivity (Wildman–Crippen MR) is 106 cm³/mol. The largest absolute Gasteiger partial charge is 0.303 e. The molecule has 140 valence electrons. The highest BCUT2D eigenvalue weighted by Crippen LogP contribution is 2.23. The van der Waals surface area contributed by atoms with Crippen LogP contribution in [-0.2, 0) is 22.1 Å². The smallest absolute Gasteiger partial charge is 0.258 e. The molecule has 0 spiro atoms. The number of benzene rings is 2. The molecule has 0 unspecified atom stereocenters. The number of carbonyl (C=O) groups excluding carboxylic acids is 1. The van der Waals surface area contributed by atoms with Gasteiger partial charge in [0.1, 0.15) is 5.82 Å². The lowest BCUT2D eigenvalue weighted by Gasteiger charge is -2.23. The van der Waals surface area contributed by atoms with E-state index < -0.39 is 9.84 Å². The summed E-state index contributed by atoms with van der Waals surface area (Å²) in [6.45, 7) is 0.346. The Labute approximate surface area is 161 Å². The van der Waals surface area contributed by atoms with Gasteiger partial charge in [-0.2, -0.15) is 0 Å². The summed E-state index contributed by atoms with van der Waals surface area (Å²) in [6.07, 6.45) is 1.16. The monoisotopic (exact) mass is 403 g/mol.